The number of amides is 1. The average molecular weight is 294 g/mol. The van der Waals surface area contributed by atoms with Crippen molar-refractivity contribution in [1.29, 1.82) is 5.26 Å². The number of pyridine rings is 1. The third-order valence-corrected chi connectivity index (χ3v) is 3.42. The molecule has 1 fully saturated rings. The number of nitrogens with zero attached hydrogens (tertiary/aromatic N) is 3. The third-order valence-electron chi connectivity index (χ3n) is 3.42. The number of hydrogen-bond donors (Lipinski definition) is 1. The van der Waals surface area contributed by atoms with Crippen molar-refractivity contribution in [3.8, 4) is 6.07 Å². The summed E-state index contributed by atoms with van der Waals surface area (Å²) < 4.78 is 24.2. The van der Waals surface area contributed by atoms with Crippen LogP contribution in [0.2, 0.25) is 0 Å². The van der Waals surface area contributed by atoms with E-state index in [1.807, 2.05) is 11.0 Å². The summed E-state index contributed by atoms with van der Waals surface area (Å²) in [6, 6.07) is 5.32. The molecule has 112 valence electrons. The topological polar surface area (TPSA) is 69.0 Å². The summed E-state index contributed by atoms with van der Waals surface area (Å²) in [5, 5.41) is 11.1. The van der Waals surface area contributed by atoms with Crippen molar-refractivity contribution in [2.75, 3.05) is 24.5 Å². The fourth-order valence-corrected chi connectivity index (χ4v) is 2.38. The number of halogens is 2. The molecule has 0 aromatic carbocycles. The Balaban J connectivity index is 2.00. The number of carbonyl (C=O) groups is 1. The van der Waals surface area contributed by atoms with Gasteiger partial charge in [-0.3, -0.25) is 4.79 Å². The van der Waals surface area contributed by atoms with Gasteiger partial charge in [-0.2, -0.15) is 5.26 Å². The molecular formula is C14H16F2N4O. The van der Waals surface area contributed by atoms with Gasteiger partial charge in [0, 0.05) is 19.3 Å². The van der Waals surface area contributed by atoms with Crippen LogP contribution in [0.1, 0.15) is 18.4 Å². The molecule has 2 rings (SSSR count). The van der Waals surface area contributed by atoms with Crippen LogP contribution >= 0.6 is 0 Å². The van der Waals surface area contributed by atoms with Gasteiger partial charge >= 0.3 is 0 Å². The van der Waals surface area contributed by atoms with Crippen molar-refractivity contribution < 1.29 is 13.6 Å². The molecule has 1 saturated heterocycles. The molecule has 0 aliphatic carbocycles. The van der Waals surface area contributed by atoms with Crippen molar-refractivity contribution >= 4 is 11.7 Å². The Morgan fingerprint density at radius 3 is 3.14 bits per heavy atom. The number of nitrogens with one attached hydrogen (secondary N) is 1. The van der Waals surface area contributed by atoms with Crippen molar-refractivity contribution in [3.63, 3.8) is 0 Å². The molecule has 2 heterocycles. The number of alkyl halides is 2. The Morgan fingerprint density at radius 1 is 1.62 bits per heavy atom. The number of anilines is 1. The first-order valence-corrected chi connectivity index (χ1v) is 6.77. The zero-order chi connectivity index (χ0) is 15.2. The molecular weight excluding hydrogens is 278 g/mol. The first kappa shape index (κ1) is 15.2. The Labute approximate surface area is 121 Å². The molecule has 21 heavy (non-hydrogen) atoms. The van der Waals surface area contributed by atoms with Crippen LogP contribution in [-0.4, -0.2) is 37.0 Å². The standard InChI is InChI=1S/C14H16F2N4O/c15-12(16)8-19-14(21)11-2-1-5-20(9-11)13-6-10(7-17)3-4-18-13/h3-4,6,11-12H,1-2,5,8-9H2,(H,19,21). The second kappa shape index (κ2) is 6.97. The number of piperidine rings is 1. The fourth-order valence-electron chi connectivity index (χ4n) is 2.38. The molecule has 1 aromatic heterocycles. The van der Waals surface area contributed by atoms with Crippen LogP contribution in [0.4, 0.5) is 14.6 Å². The van der Waals surface area contributed by atoms with Crippen LogP contribution in [-0.2, 0) is 4.79 Å². The zero-order valence-corrected chi connectivity index (χ0v) is 11.4. The Hall–Kier alpha value is -2.23. The molecule has 1 aliphatic heterocycles. The van der Waals surface area contributed by atoms with Gasteiger partial charge in [-0.15, -0.1) is 0 Å². The third kappa shape index (κ3) is 4.12. The smallest absolute Gasteiger partial charge is 0.255 e. The van der Waals surface area contributed by atoms with E-state index in [1.165, 1.54) is 0 Å². The van der Waals surface area contributed by atoms with E-state index in [0.29, 0.717) is 24.3 Å². The summed E-state index contributed by atoms with van der Waals surface area (Å²) in [6.07, 6.45) is 0.464. The second-order valence-electron chi connectivity index (χ2n) is 4.94. The molecule has 1 aliphatic rings. The molecule has 1 atom stereocenters. The number of aromatic nitrogens is 1. The predicted molar refractivity (Wildman–Crippen MR) is 72.9 cm³/mol. The maximum Gasteiger partial charge on any atom is 0.255 e. The van der Waals surface area contributed by atoms with E-state index in [0.717, 1.165) is 13.0 Å². The SMILES string of the molecule is N#Cc1ccnc(N2CCCC(C(=O)NCC(F)F)C2)c1. The van der Waals surface area contributed by atoms with E-state index in [2.05, 4.69) is 10.3 Å². The average Bonchev–Trinajstić information content (AvgIpc) is 2.52. The van der Waals surface area contributed by atoms with E-state index < -0.39 is 13.0 Å². The molecule has 1 N–H and O–H groups in total. The van der Waals surface area contributed by atoms with Crippen molar-refractivity contribution in [2.45, 2.75) is 19.3 Å². The summed E-state index contributed by atoms with van der Waals surface area (Å²) in [6.45, 7) is 0.551. The van der Waals surface area contributed by atoms with E-state index in [9.17, 15) is 13.6 Å². The number of carbonyl (C=O) groups excluding carboxylic acids is 1. The normalized spacial score (nSPS) is 18.4. The van der Waals surface area contributed by atoms with Gasteiger partial charge in [0.1, 0.15) is 5.82 Å². The first-order chi connectivity index (χ1) is 10.1. The lowest BCUT2D eigenvalue weighted by Gasteiger charge is -2.32. The minimum absolute atomic E-state index is 0.329. The van der Waals surface area contributed by atoms with Gasteiger partial charge < -0.3 is 10.2 Å². The molecule has 0 radical (unpaired) electrons. The van der Waals surface area contributed by atoms with Gasteiger partial charge in [0.2, 0.25) is 5.91 Å². The minimum Gasteiger partial charge on any atom is -0.356 e. The number of hydrogen-bond acceptors (Lipinski definition) is 4. The summed E-state index contributed by atoms with van der Waals surface area (Å²) in [5.41, 5.74) is 0.504. The second-order valence-corrected chi connectivity index (χ2v) is 4.94. The van der Waals surface area contributed by atoms with Crippen molar-refractivity contribution in [3.05, 3.63) is 23.9 Å². The highest BCUT2D eigenvalue weighted by Crippen LogP contribution is 2.22. The summed E-state index contributed by atoms with van der Waals surface area (Å²) >= 11 is 0. The number of nitriles is 1. The van der Waals surface area contributed by atoms with Crippen LogP contribution in [0.15, 0.2) is 18.3 Å². The molecule has 0 saturated carbocycles. The lowest BCUT2D eigenvalue weighted by molar-refractivity contribution is -0.125. The van der Waals surface area contributed by atoms with Crippen LogP contribution in [0.5, 0.6) is 0 Å². The molecule has 1 aromatic rings. The molecule has 0 bridgehead atoms. The summed E-state index contributed by atoms with van der Waals surface area (Å²) in [7, 11) is 0. The van der Waals surface area contributed by atoms with E-state index in [4.69, 9.17) is 5.26 Å². The maximum atomic E-state index is 12.1. The molecule has 7 heteroatoms. The Morgan fingerprint density at radius 2 is 2.43 bits per heavy atom. The lowest BCUT2D eigenvalue weighted by atomic mass is 9.97. The van der Waals surface area contributed by atoms with Gasteiger partial charge in [-0.1, -0.05) is 0 Å². The monoisotopic (exact) mass is 294 g/mol. The Kier molecular flexibility index (Phi) is 5.04. The largest absolute Gasteiger partial charge is 0.356 e. The maximum absolute atomic E-state index is 12.1. The summed E-state index contributed by atoms with van der Waals surface area (Å²) in [4.78, 5) is 18.0. The van der Waals surface area contributed by atoms with E-state index >= 15 is 0 Å². The Bertz CT molecular complexity index is 544. The fraction of sp³-hybridized carbons (Fsp3) is 0.500. The lowest BCUT2D eigenvalue weighted by Crippen LogP contribution is -2.44. The molecule has 5 nitrogen and oxygen atoms in total. The quantitative estimate of drug-likeness (QED) is 0.915. The van der Waals surface area contributed by atoms with Gasteiger partial charge in [0.05, 0.1) is 24.1 Å². The highest BCUT2D eigenvalue weighted by molar-refractivity contribution is 5.79. The predicted octanol–water partition coefficient (Wildman–Crippen LogP) is 1.55. The highest BCUT2D eigenvalue weighted by atomic mass is 19.3. The van der Waals surface area contributed by atoms with Crippen LogP contribution in [0, 0.1) is 17.2 Å². The van der Waals surface area contributed by atoms with Crippen molar-refractivity contribution in [1.82, 2.24) is 10.3 Å². The molecule has 1 amide bonds. The van der Waals surface area contributed by atoms with Crippen LogP contribution in [0.25, 0.3) is 0 Å². The first-order valence-electron chi connectivity index (χ1n) is 6.77. The number of rotatable bonds is 4. The van der Waals surface area contributed by atoms with Crippen LogP contribution < -0.4 is 10.2 Å². The minimum atomic E-state index is -2.54. The molecule has 0 spiro atoms. The summed E-state index contributed by atoms with van der Waals surface area (Å²) in [5.74, 6) is -0.0399. The van der Waals surface area contributed by atoms with Gasteiger partial charge in [-0.05, 0) is 25.0 Å². The highest BCUT2D eigenvalue weighted by Gasteiger charge is 2.26. The zero-order valence-electron chi connectivity index (χ0n) is 11.4. The van der Waals surface area contributed by atoms with E-state index in [1.54, 1.807) is 18.3 Å². The van der Waals surface area contributed by atoms with Gasteiger partial charge in [0.25, 0.3) is 6.43 Å². The van der Waals surface area contributed by atoms with Gasteiger partial charge in [0.15, 0.2) is 0 Å². The van der Waals surface area contributed by atoms with Gasteiger partial charge in [-0.25, -0.2) is 13.8 Å². The van der Waals surface area contributed by atoms with Crippen molar-refractivity contribution in [2.24, 2.45) is 5.92 Å². The van der Waals surface area contributed by atoms with E-state index in [-0.39, 0.29) is 11.8 Å². The van der Waals surface area contributed by atoms with Crippen LogP contribution in [0.3, 0.4) is 0 Å². The molecule has 1 unspecified atom stereocenters.